The van der Waals surface area contributed by atoms with Crippen LogP contribution < -0.4 is 5.32 Å². The molecule has 3 atom stereocenters. The van der Waals surface area contributed by atoms with Crippen molar-refractivity contribution in [3.63, 3.8) is 0 Å². The summed E-state index contributed by atoms with van der Waals surface area (Å²) in [7, 11) is 0. The molecule has 0 spiro atoms. The number of carbonyl (C=O) groups is 3. The van der Waals surface area contributed by atoms with E-state index in [9.17, 15) is 14.4 Å². The Morgan fingerprint density at radius 1 is 1.25 bits per heavy atom. The highest BCUT2D eigenvalue weighted by Gasteiger charge is 2.52. The fourth-order valence-electron chi connectivity index (χ4n) is 2.06. The van der Waals surface area contributed by atoms with E-state index in [-0.39, 0.29) is 12.5 Å². The third-order valence-electron chi connectivity index (χ3n) is 3.51. The number of carbonyl (C=O) groups excluding carboxylic acids is 2. The van der Waals surface area contributed by atoms with E-state index in [4.69, 9.17) is 14.6 Å². The number of ether oxygens (including phenoxy) is 2. The maximum atomic E-state index is 11.9. The Kier molecular flexibility index (Phi) is 5.95. The molecule has 2 unspecified atom stereocenters. The number of rotatable bonds is 7. The lowest BCUT2D eigenvalue weighted by atomic mass is 10.0. The van der Waals surface area contributed by atoms with Crippen LogP contribution >= 0.6 is 15.9 Å². The van der Waals surface area contributed by atoms with Crippen LogP contribution in [-0.2, 0) is 30.5 Å². The first kappa shape index (κ1) is 18.4. The number of epoxide rings is 1. The van der Waals surface area contributed by atoms with Crippen molar-refractivity contribution in [1.82, 2.24) is 5.32 Å². The number of aliphatic carboxylic acids is 1. The fraction of sp³-hybridized carbons (Fsp3) is 0.438. The summed E-state index contributed by atoms with van der Waals surface area (Å²) in [4.78, 5) is 34.9. The van der Waals surface area contributed by atoms with Gasteiger partial charge in [-0.2, -0.15) is 0 Å². The third-order valence-corrected chi connectivity index (χ3v) is 4.04. The van der Waals surface area contributed by atoms with E-state index in [1.54, 1.807) is 26.0 Å². The van der Waals surface area contributed by atoms with Crippen molar-refractivity contribution in [3.05, 3.63) is 34.3 Å². The highest BCUT2D eigenvalue weighted by atomic mass is 79.9. The normalized spacial score (nSPS) is 20.3. The zero-order valence-electron chi connectivity index (χ0n) is 13.2. The minimum absolute atomic E-state index is 0.0735. The van der Waals surface area contributed by atoms with Crippen LogP contribution in [0.2, 0.25) is 0 Å². The molecule has 130 valence electrons. The molecule has 1 aliphatic rings. The van der Waals surface area contributed by atoms with Gasteiger partial charge >= 0.3 is 11.9 Å². The molecule has 0 saturated carbocycles. The van der Waals surface area contributed by atoms with Crippen molar-refractivity contribution in [2.45, 2.75) is 38.7 Å². The topological polar surface area (TPSA) is 105 Å². The Morgan fingerprint density at radius 3 is 2.42 bits per heavy atom. The first-order chi connectivity index (χ1) is 11.3. The predicted octanol–water partition coefficient (Wildman–Crippen LogP) is 1.49. The van der Waals surface area contributed by atoms with Gasteiger partial charge in [-0.15, -0.1) is 0 Å². The van der Waals surface area contributed by atoms with E-state index in [0.717, 1.165) is 10.0 Å². The van der Waals surface area contributed by atoms with E-state index >= 15 is 0 Å². The van der Waals surface area contributed by atoms with Crippen LogP contribution in [0.15, 0.2) is 28.7 Å². The van der Waals surface area contributed by atoms with Gasteiger partial charge in [0.2, 0.25) is 0 Å². The first-order valence-electron chi connectivity index (χ1n) is 7.39. The van der Waals surface area contributed by atoms with Gasteiger partial charge in [0.05, 0.1) is 0 Å². The van der Waals surface area contributed by atoms with Crippen molar-refractivity contribution in [1.29, 1.82) is 0 Å². The summed E-state index contributed by atoms with van der Waals surface area (Å²) in [5.41, 5.74) is 0.805. The lowest BCUT2D eigenvalue weighted by Crippen LogP contribution is -2.46. The molecular formula is C16H18BrNO6. The van der Waals surface area contributed by atoms with Crippen molar-refractivity contribution in [2.24, 2.45) is 5.92 Å². The molecular weight excluding hydrogens is 382 g/mol. The SMILES string of the molecule is CC(C)[C@H](NC(=O)C1OC1C(=O)OCc1ccc(Br)cc1)C(=O)O. The van der Waals surface area contributed by atoms with Gasteiger partial charge in [0.15, 0.2) is 12.2 Å². The number of hydrogen-bond acceptors (Lipinski definition) is 5. The number of benzene rings is 1. The van der Waals surface area contributed by atoms with Gasteiger partial charge in [-0.05, 0) is 23.6 Å². The molecule has 0 bridgehead atoms. The Labute approximate surface area is 147 Å². The Bertz CT molecular complexity index is 630. The average molecular weight is 400 g/mol. The molecule has 7 nitrogen and oxygen atoms in total. The number of carboxylic acids is 1. The van der Waals surface area contributed by atoms with Gasteiger partial charge < -0.3 is 19.9 Å². The molecule has 8 heteroatoms. The van der Waals surface area contributed by atoms with Crippen molar-refractivity contribution >= 4 is 33.8 Å². The number of amides is 1. The highest BCUT2D eigenvalue weighted by Crippen LogP contribution is 2.24. The lowest BCUT2D eigenvalue weighted by molar-refractivity contribution is -0.146. The quantitative estimate of drug-likeness (QED) is 0.531. The minimum Gasteiger partial charge on any atom is -0.480 e. The Balaban J connectivity index is 1.81. The monoisotopic (exact) mass is 399 g/mol. The number of carboxylic acid groups (broad SMARTS) is 1. The second-order valence-corrected chi connectivity index (χ2v) is 6.70. The van der Waals surface area contributed by atoms with E-state index in [1.807, 2.05) is 12.1 Å². The molecule has 0 aliphatic carbocycles. The maximum Gasteiger partial charge on any atom is 0.338 e. The smallest absolute Gasteiger partial charge is 0.338 e. The van der Waals surface area contributed by atoms with E-state index in [1.165, 1.54) is 0 Å². The summed E-state index contributed by atoms with van der Waals surface area (Å²) in [6, 6.07) is 6.22. The fourth-order valence-corrected chi connectivity index (χ4v) is 2.32. The summed E-state index contributed by atoms with van der Waals surface area (Å²) in [5, 5.41) is 11.4. The maximum absolute atomic E-state index is 11.9. The summed E-state index contributed by atoms with van der Waals surface area (Å²) in [6.07, 6.45) is -1.98. The van der Waals surface area contributed by atoms with Crippen LogP contribution in [0, 0.1) is 5.92 Å². The minimum atomic E-state index is -1.13. The van der Waals surface area contributed by atoms with Crippen LogP contribution in [-0.4, -0.2) is 41.2 Å². The van der Waals surface area contributed by atoms with Crippen molar-refractivity contribution < 1.29 is 29.0 Å². The van der Waals surface area contributed by atoms with Gasteiger partial charge in [0, 0.05) is 4.47 Å². The number of nitrogens with one attached hydrogen (secondary N) is 1. The molecule has 1 fully saturated rings. The highest BCUT2D eigenvalue weighted by molar-refractivity contribution is 9.10. The molecule has 1 amide bonds. The second-order valence-electron chi connectivity index (χ2n) is 5.78. The molecule has 2 rings (SSSR count). The molecule has 1 aromatic rings. The molecule has 0 aromatic heterocycles. The Morgan fingerprint density at radius 2 is 1.88 bits per heavy atom. The molecule has 24 heavy (non-hydrogen) atoms. The molecule has 1 saturated heterocycles. The molecule has 1 heterocycles. The Hall–Kier alpha value is -1.93. The zero-order chi connectivity index (χ0) is 17.9. The van der Waals surface area contributed by atoms with Gasteiger partial charge in [0.1, 0.15) is 12.6 Å². The summed E-state index contributed by atoms with van der Waals surface area (Å²) in [5.74, 6) is -2.68. The van der Waals surface area contributed by atoms with Crippen LogP contribution in [0.5, 0.6) is 0 Å². The van der Waals surface area contributed by atoms with Crippen molar-refractivity contribution in [2.75, 3.05) is 0 Å². The largest absolute Gasteiger partial charge is 0.480 e. The number of hydrogen-bond donors (Lipinski definition) is 2. The lowest BCUT2D eigenvalue weighted by Gasteiger charge is -2.17. The van der Waals surface area contributed by atoms with Crippen molar-refractivity contribution in [3.8, 4) is 0 Å². The summed E-state index contributed by atoms with van der Waals surface area (Å²) in [6.45, 7) is 3.43. The van der Waals surface area contributed by atoms with E-state index in [0.29, 0.717) is 0 Å². The van der Waals surface area contributed by atoms with Crippen LogP contribution in [0.3, 0.4) is 0 Å². The number of halogens is 1. The zero-order valence-corrected chi connectivity index (χ0v) is 14.8. The predicted molar refractivity (Wildman–Crippen MR) is 87.0 cm³/mol. The molecule has 1 aliphatic heterocycles. The van der Waals surface area contributed by atoms with E-state index in [2.05, 4.69) is 21.2 Å². The number of esters is 1. The molecule has 0 radical (unpaired) electrons. The van der Waals surface area contributed by atoms with Gasteiger partial charge in [-0.25, -0.2) is 9.59 Å². The van der Waals surface area contributed by atoms with Crippen LogP contribution in [0.25, 0.3) is 0 Å². The van der Waals surface area contributed by atoms with Crippen LogP contribution in [0.4, 0.5) is 0 Å². The van der Waals surface area contributed by atoms with Gasteiger partial charge in [-0.1, -0.05) is 41.9 Å². The summed E-state index contributed by atoms with van der Waals surface area (Å²) < 4.78 is 11.0. The van der Waals surface area contributed by atoms with E-state index < -0.39 is 36.1 Å². The molecule has 1 aromatic carbocycles. The molecule has 2 N–H and O–H groups in total. The average Bonchev–Trinajstić information content (AvgIpc) is 3.31. The summed E-state index contributed by atoms with van der Waals surface area (Å²) >= 11 is 3.31. The third kappa shape index (κ3) is 4.78. The standard InChI is InChI=1S/C16H18BrNO6/c1-8(2)11(15(20)21)18-14(19)12-13(24-12)16(22)23-7-9-3-5-10(17)6-4-9/h3-6,8,11-13H,7H2,1-2H3,(H,18,19)(H,20,21)/t11-,12?,13?/m0/s1. The first-order valence-corrected chi connectivity index (χ1v) is 8.18. The van der Waals surface area contributed by atoms with Gasteiger partial charge in [-0.3, -0.25) is 4.79 Å². The van der Waals surface area contributed by atoms with Crippen LogP contribution in [0.1, 0.15) is 19.4 Å². The second kappa shape index (κ2) is 7.76. The van der Waals surface area contributed by atoms with Gasteiger partial charge in [0.25, 0.3) is 5.91 Å².